The second-order valence-corrected chi connectivity index (χ2v) is 9.53. The van der Waals surface area contributed by atoms with E-state index in [2.05, 4.69) is 30.6 Å². The summed E-state index contributed by atoms with van der Waals surface area (Å²) in [7, 11) is 0. The first-order chi connectivity index (χ1) is 18.2. The van der Waals surface area contributed by atoms with Crippen molar-refractivity contribution in [1.82, 2.24) is 29.8 Å². The van der Waals surface area contributed by atoms with Crippen molar-refractivity contribution in [3.05, 3.63) is 65.0 Å². The molecule has 3 heterocycles. The number of carbonyl (C=O) groups excluding carboxylic acids is 1. The van der Waals surface area contributed by atoms with Crippen LogP contribution in [0.5, 0.6) is 0 Å². The minimum absolute atomic E-state index is 0.000765. The quantitative estimate of drug-likeness (QED) is 0.328. The highest BCUT2D eigenvalue weighted by molar-refractivity contribution is 6.31. The molecule has 1 saturated carbocycles. The molecule has 0 unspecified atom stereocenters. The fourth-order valence-corrected chi connectivity index (χ4v) is 4.83. The molecule has 4 aromatic rings. The zero-order valence-corrected chi connectivity index (χ0v) is 20.8. The van der Waals surface area contributed by atoms with Gasteiger partial charge in [0.2, 0.25) is 0 Å². The Bertz CT molecular complexity index is 1540. The number of anilines is 1. The van der Waals surface area contributed by atoms with E-state index >= 15 is 0 Å². The normalized spacial score (nSPS) is 17.4. The van der Waals surface area contributed by atoms with Gasteiger partial charge in [-0.2, -0.15) is 0 Å². The van der Waals surface area contributed by atoms with Gasteiger partial charge in [0.25, 0.3) is 5.91 Å². The van der Waals surface area contributed by atoms with E-state index in [-0.39, 0.29) is 56.8 Å². The van der Waals surface area contributed by atoms with Crippen LogP contribution in [-0.2, 0) is 0 Å². The maximum atomic E-state index is 14.7. The van der Waals surface area contributed by atoms with E-state index < -0.39 is 17.7 Å². The number of aromatic nitrogens is 5. The van der Waals surface area contributed by atoms with Crippen molar-refractivity contribution in [3.63, 3.8) is 0 Å². The Kier molecular flexibility index (Phi) is 6.89. The van der Waals surface area contributed by atoms with Crippen LogP contribution in [0.15, 0.2) is 36.9 Å². The summed E-state index contributed by atoms with van der Waals surface area (Å²) in [5, 5.41) is 15.8. The zero-order chi connectivity index (χ0) is 27.0. The second kappa shape index (κ2) is 10.3. The van der Waals surface area contributed by atoms with E-state index in [1.807, 2.05) is 0 Å². The van der Waals surface area contributed by atoms with E-state index in [9.17, 15) is 23.5 Å². The summed E-state index contributed by atoms with van der Waals surface area (Å²) in [6.07, 6.45) is 6.44. The Balaban J connectivity index is 1.37. The van der Waals surface area contributed by atoms with Gasteiger partial charge < -0.3 is 15.7 Å². The fourth-order valence-electron chi connectivity index (χ4n) is 4.62. The molecule has 0 saturated heterocycles. The predicted octanol–water partition coefficient (Wildman–Crippen LogP) is 4.81. The molecule has 5 rings (SSSR count). The monoisotopic (exact) mass is 541 g/mol. The van der Waals surface area contributed by atoms with Gasteiger partial charge in [-0.25, -0.2) is 33.1 Å². The molecule has 0 radical (unpaired) electrons. The summed E-state index contributed by atoms with van der Waals surface area (Å²) in [5.41, 5.74) is 0.896. The molecule has 1 aromatic carbocycles. The standard InChI is InChI=1S/C25H22ClF2N7O3/c1-12-8-30-20(10-29-12)24(36)33-15-4-2-3-14(7-15)32-23-19(28)9-31-22(34-23)17-11-35(25(37)38)21-16(17)5-13(26)6-18(21)27/h5-6,8-11,14-15H,2-4,7H2,1H3,(H,33,36)(H,37,38)(H,31,32,34)/t14-,15+/m0/s1. The largest absolute Gasteiger partial charge is 0.464 e. The number of hydrogen-bond acceptors (Lipinski definition) is 7. The highest BCUT2D eigenvalue weighted by Crippen LogP contribution is 2.34. The molecule has 0 aliphatic heterocycles. The first-order valence-corrected chi connectivity index (χ1v) is 12.2. The number of halogens is 3. The molecule has 1 amide bonds. The van der Waals surface area contributed by atoms with E-state index in [0.29, 0.717) is 23.1 Å². The van der Waals surface area contributed by atoms with Gasteiger partial charge in [0.1, 0.15) is 11.5 Å². The highest BCUT2D eigenvalue weighted by Gasteiger charge is 2.26. The molecule has 10 nitrogen and oxygen atoms in total. The predicted molar refractivity (Wildman–Crippen MR) is 135 cm³/mol. The van der Waals surface area contributed by atoms with Crippen LogP contribution in [0, 0.1) is 18.6 Å². The molecule has 38 heavy (non-hydrogen) atoms. The zero-order valence-electron chi connectivity index (χ0n) is 20.1. The SMILES string of the molecule is Cc1cnc(C(=O)N[C@@H]2CCC[C@H](Nc3nc(-c4cn(C(=O)O)c5c(F)cc(Cl)cc45)ncc3F)C2)cn1. The Morgan fingerprint density at radius 3 is 2.61 bits per heavy atom. The summed E-state index contributed by atoms with van der Waals surface area (Å²) in [6, 6.07) is 2.04. The molecule has 3 N–H and O–H groups in total. The molecule has 0 spiro atoms. The lowest BCUT2D eigenvalue weighted by atomic mass is 9.91. The van der Waals surface area contributed by atoms with Crippen LogP contribution in [0.25, 0.3) is 22.3 Å². The number of hydrogen-bond donors (Lipinski definition) is 3. The first kappa shape index (κ1) is 25.5. The minimum atomic E-state index is -1.41. The number of fused-ring (bicyclic) bond motifs is 1. The molecule has 1 fully saturated rings. The third kappa shape index (κ3) is 5.12. The Morgan fingerprint density at radius 1 is 1.08 bits per heavy atom. The molecule has 13 heteroatoms. The summed E-state index contributed by atoms with van der Waals surface area (Å²) >= 11 is 6.01. The van der Waals surface area contributed by atoms with E-state index in [1.54, 1.807) is 6.92 Å². The third-order valence-electron chi connectivity index (χ3n) is 6.37. The van der Waals surface area contributed by atoms with Gasteiger partial charge in [-0.15, -0.1) is 0 Å². The number of benzene rings is 1. The minimum Gasteiger partial charge on any atom is -0.464 e. The Hall–Kier alpha value is -4.19. The van der Waals surface area contributed by atoms with Crippen LogP contribution in [0.4, 0.5) is 19.4 Å². The summed E-state index contributed by atoms with van der Waals surface area (Å²) < 4.78 is 30.0. The van der Waals surface area contributed by atoms with E-state index in [1.165, 1.54) is 24.7 Å². The summed E-state index contributed by atoms with van der Waals surface area (Å²) in [6.45, 7) is 1.78. The number of rotatable bonds is 5. The maximum Gasteiger partial charge on any atom is 0.416 e. The van der Waals surface area contributed by atoms with Crippen LogP contribution in [0.2, 0.25) is 5.02 Å². The van der Waals surface area contributed by atoms with Crippen molar-refractivity contribution in [2.24, 2.45) is 0 Å². The summed E-state index contributed by atoms with van der Waals surface area (Å²) in [4.78, 5) is 40.7. The smallest absolute Gasteiger partial charge is 0.416 e. The van der Waals surface area contributed by atoms with Gasteiger partial charge >= 0.3 is 6.09 Å². The average Bonchev–Trinajstić information content (AvgIpc) is 3.26. The molecule has 3 aromatic heterocycles. The molecular formula is C25H22ClF2N7O3. The van der Waals surface area contributed by atoms with Gasteiger partial charge in [-0.1, -0.05) is 11.6 Å². The van der Waals surface area contributed by atoms with Crippen LogP contribution >= 0.6 is 11.6 Å². The molecule has 1 aliphatic carbocycles. The van der Waals surface area contributed by atoms with Crippen molar-refractivity contribution in [1.29, 1.82) is 0 Å². The molecule has 1 aliphatic rings. The number of amides is 1. The van der Waals surface area contributed by atoms with Crippen molar-refractivity contribution in [2.75, 3.05) is 5.32 Å². The van der Waals surface area contributed by atoms with Gasteiger partial charge in [0.15, 0.2) is 17.5 Å². The van der Waals surface area contributed by atoms with E-state index in [0.717, 1.165) is 25.1 Å². The average molecular weight is 542 g/mol. The van der Waals surface area contributed by atoms with Crippen molar-refractivity contribution in [2.45, 2.75) is 44.7 Å². The number of carbonyl (C=O) groups is 2. The number of aryl methyl sites for hydroxylation is 1. The Labute approximate surface area is 220 Å². The highest BCUT2D eigenvalue weighted by atomic mass is 35.5. The molecule has 0 bridgehead atoms. The van der Waals surface area contributed by atoms with E-state index in [4.69, 9.17) is 11.6 Å². The van der Waals surface area contributed by atoms with Crippen LogP contribution in [0.3, 0.4) is 0 Å². The van der Waals surface area contributed by atoms with Crippen LogP contribution < -0.4 is 10.6 Å². The lowest BCUT2D eigenvalue weighted by molar-refractivity contribution is 0.0920. The number of nitrogens with one attached hydrogen (secondary N) is 2. The molecule has 196 valence electrons. The first-order valence-electron chi connectivity index (χ1n) is 11.8. The maximum absolute atomic E-state index is 14.7. The number of carboxylic acid groups (broad SMARTS) is 1. The summed E-state index contributed by atoms with van der Waals surface area (Å²) in [5.74, 6) is -1.96. The van der Waals surface area contributed by atoms with Crippen molar-refractivity contribution < 1.29 is 23.5 Å². The molecular weight excluding hydrogens is 520 g/mol. The van der Waals surface area contributed by atoms with Crippen LogP contribution in [-0.4, -0.2) is 53.7 Å². The number of nitrogens with zero attached hydrogens (tertiary/aromatic N) is 5. The molecule has 2 atom stereocenters. The van der Waals surface area contributed by atoms with Gasteiger partial charge in [-0.3, -0.25) is 9.78 Å². The third-order valence-corrected chi connectivity index (χ3v) is 6.59. The van der Waals surface area contributed by atoms with Crippen LogP contribution in [0.1, 0.15) is 41.9 Å². The van der Waals surface area contributed by atoms with Gasteiger partial charge in [0.05, 0.1) is 23.6 Å². The Morgan fingerprint density at radius 2 is 1.87 bits per heavy atom. The van der Waals surface area contributed by atoms with Gasteiger partial charge in [0, 0.05) is 40.4 Å². The lowest BCUT2D eigenvalue weighted by Crippen LogP contribution is -2.42. The fraction of sp³-hybridized carbons (Fsp3) is 0.280. The topological polar surface area (TPSA) is 135 Å². The van der Waals surface area contributed by atoms with Gasteiger partial charge in [-0.05, 0) is 44.7 Å². The second-order valence-electron chi connectivity index (χ2n) is 9.09. The lowest BCUT2D eigenvalue weighted by Gasteiger charge is -2.30. The van der Waals surface area contributed by atoms with Crippen molar-refractivity contribution in [3.8, 4) is 11.4 Å². The van der Waals surface area contributed by atoms with Crippen molar-refractivity contribution >= 4 is 40.3 Å².